The number of ether oxygens (including phenoxy) is 2. The van der Waals surface area contributed by atoms with Crippen LogP contribution in [0.15, 0.2) is 42.6 Å². The topological polar surface area (TPSA) is 64.6 Å². The summed E-state index contributed by atoms with van der Waals surface area (Å²) in [6.07, 6.45) is 3.32. The highest BCUT2D eigenvalue weighted by Crippen LogP contribution is 2.19. The number of benzene rings is 1. The standard InChI is InChI=1S/C17H19N3O3/c1-22-17-18-10-9-15(19-17)23-14-8-5-11-20(12-14)16(21)13-6-3-2-4-7-13/h2-4,6-7,9-10,14H,5,8,11-12H2,1H3. The number of nitrogens with zero attached hydrogens (tertiary/aromatic N) is 3. The Morgan fingerprint density at radius 1 is 1.26 bits per heavy atom. The molecule has 23 heavy (non-hydrogen) atoms. The Hall–Kier alpha value is -2.63. The van der Waals surface area contributed by atoms with Crippen LogP contribution in [0.1, 0.15) is 23.2 Å². The van der Waals surface area contributed by atoms with Crippen molar-refractivity contribution in [2.24, 2.45) is 0 Å². The Labute approximate surface area is 135 Å². The van der Waals surface area contributed by atoms with Crippen molar-refractivity contribution < 1.29 is 14.3 Å². The second-order valence-corrected chi connectivity index (χ2v) is 5.38. The number of hydrogen-bond donors (Lipinski definition) is 0. The van der Waals surface area contributed by atoms with E-state index in [0.29, 0.717) is 18.0 Å². The molecule has 1 aliphatic heterocycles. The first-order valence-corrected chi connectivity index (χ1v) is 7.64. The summed E-state index contributed by atoms with van der Waals surface area (Å²) >= 11 is 0. The number of piperidine rings is 1. The van der Waals surface area contributed by atoms with Gasteiger partial charge in [0.15, 0.2) is 0 Å². The van der Waals surface area contributed by atoms with Gasteiger partial charge in [0, 0.05) is 24.4 Å². The van der Waals surface area contributed by atoms with Gasteiger partial charge in [0.2, 0.25) is 5.88 Å². The predicted octanol–water partition coefficient (Wildman–Crippen LogP) is 2.17. The second-order valence-electron chi connectivity index (χ2n) is 5.38. The third-order valence-electron chi connectivity index (χ3n) is 3.76. The summed E-state index contributed by atoms with van der Waals surface area (Å²) in [4.78, 5) is 22.5. The maximum absolute atomic E-state index is 12.5. The Kier molecular flexibility index (Phi) is 4.71. The lowest BCUT2D eigenvalue weighted by Crippen LogP contribution is -2.44. The SMILES string of the molecule is COc1nccc(OC2CCCN(C(=O)c3ccccc3)C2)n1. The average Bonchev–Trinajstić information content (AvgIpc) is 2.62. The first kappa shape index (κ1) is 15.3. The lowest BCUT2D eigenvalue weighted by Gasteiger charge is -2.32. The van der Waals surface area contributed by atoms with Crippen molar-refractivity contribution in [3.63, 3.8) is 0 Å². The molecule has 1 amide bonds. The normalized spacial score (nSPS) is 17.6. The lowest BCUT2D eigenvalue weighted by atomic mass is 10.1. The molecule has 6 nitrogen and oxygen atoms in total. The molecule has 2 aromatic rings. The highest BCUT2D eigenvalue weighted by Gasteiger charge is 2.26. The van der Waals surface area contributed by atoms with E-state index in [-0.39, 0.29) is 18.0 Å². The van der Waals surface area contributed by atoms with Crippen LogP contribution < -0.4 is 9.47 Å². The number of amides is 1. The Morgan fingerprint density at radius 2 is 2.09 bits per heavy atom. The average molecular weight is 313 g/mol. The van der Waals surface area contributed by atoms with Crippen molar-refractivity contribution in [3.05, 3.63) is 48.2 Å². The zero-order valence-electron chi connectivity index (χ0n) is 13.0. The van der Waals surface area contributed by atoms with Crippen LogP contribution in [0.5, 0.6) is 11.9 Å². The van der Waals surface area contributed by atoms with Crippen LogP contribution in [0, 0.1) is 0 Å². The predicted molar refractivity (Wildman–Crippen MR) is 84.6 cm³/mol. The Bertz CT molecular complexity index is 663. The third-order valence-corrected chi connectivity index (χ3v) is 3.76. The molecule has 0 spiro atoms. The van der Waals surface area contributed by atoms with Gasteiger partial charge in [-0.2, -0.15) is 4.98 Å². The van der Waals surface area contributed by atoms with E-state index in [2.05, 4.69) is 9.97 Å². The summed E-state index contributed by atoms with van der Waals surface area (Å²) in [5, 5.41) is 0. The number of hydrogen-bond acceptors (Lipinski definition) is 5. The summed E-state index contributed by atoms with van der Waals surface area (Å²) < 4.78 is 10.9. The minimum absolute atomic E-state index is 0.0409. The van der Waals surface area contributed by atoms with Crippen molar-refractivity contribution in [2.75, 3.05) is 20.2 Å². The van der Waals surface area contributed by atoms with E-state index >= 15 is 0 Å². The first-order valence-electron chi connectivity index (χ1n) is 7.64. The highest BCUT2D eigenvalue weighted by molar-refractivity contribution is 5.94. The van der Waals surface area contributed by atoms with Crippen LogP contribution in [0.4, 0.5) is 0 Å². The number of likely N-dealkylation sites (tertiary alicyclic amines) is 1. The molecule has 1 unspecified atom stereocenters. The lowest BCUT2D eigenvalue weighted by molar-refractivity contribution is 0.0525. The number of carbonyl (C=O) groups excluding carboxylic acids is 1. The zero-order chi connectivity index (χ0) is 16.1. The van der Waals surface area contributed by atoms with Gasteiger partial charge in [-0.05, 0) is 25.0 Å². The summed E-state index contributed by atoms with van der Waals surface area (Å²) in [5.74, 6) is 0.509. The fourth-order valence-electron chi connectivity index (χ4n) is 2.64. The molecule has 2 heterocycles. The highest BCUT2D eigenvalue weighted by atomic mass is 16.5. The van der Waals surface area contributed by atoms with E-state index in [0.717, 1.165) is 19.4 Å². The van der Waals surface area contributed by atoms with Gasteiger partial charge < -0.3 is 14.4 Å². The third kappa shape index (κ3) is 3.77. The van der Waals surface area contributed by atoms with E-state index in [9.17, 15) is 4.79 Å². The smallest absolute Gasteiger partial charge is 0.319 e. The monoisotopic (exact) mass is 313 g/mol. The van der Waals surface area contributed by atoms with Crippen molar-refractivity contribution in [2.45, 2.75) is 18.9 Å². The molecule has 1 aromatic heterocycles. The molecule has 0 saturated carbocycles. The van der Waals surface area contributed by atoms with Gasteiger partial charge in [-0.1, -0.05) is 18.2 Å². The molecule has 1 fully saturated rings. The molecule has 1 atom stereocenters. The summed E-state index contributed by atoms with van der Waals surface area (Å²) in [7, 11) is 1.51. The van der Waals surface area contributed by atoms with Crippen molar-refractivity contribution >= 4 is 5.91 Å². The molecular formula is C17H19N3O3. The molecule has 6 heteroatoms. The molecular weight excluding hydrogens is 294 g/mol. The van der Waals surface area contributed by atoms with Gasteiger partial charge in [-0.3, -0.25) is 4.79 Å². The molecule has 1 aliphatic rings. The molecule has 3 rings (SSSR count). The van der Waals surface area contributed by atoms with Gasteiger partial charge in [-0.25, -0.2) is 4.98 Å². The maximum Gasteiger partial charge on any atom is 0.319 e. The van der Waals surface area contributed by atoms with Gasteiger partial charge in [-0.15, -0.1) is 0 Å². The fraction of sp³-hybridized carbons (Fsp3) is 0.353. The van der Waals surface area contributed by atoms with Gasteiger partial charge in [0.25, 0.3) is 5.91 Å². The molecule has 1 aromatic carbocycles. The van der Waals surface area contributed by atoms with Crippen LogP contribution in [0.3, 0.4) is 0 Å². The van der Waals surface area contributed by atoms with Crippen molar-refractivity contribution in [1.29, 1.82) is 0 Å². The zero-order valence-corrected chi connectivity index (χ0v) is 13.0. The summed E-state index contributed by atoms with van der Waals surface area (Å²) in [6.45, 7) is 1.31. The van der Waals surface area contributed by atoms with E-state index in [1.54, 1.807) is 12.3 Å². The molecule has 120 valence electrons. The number of rotatable bonds is 4. The molecule has 0 bridgehead atoms. The van der Waals surface area contributed by atoms with Crippen LogP contribution in [-0.2, 0) is 0 Å². The van der Waals surface area contributed by atoms with E-state index in [4.69, 9.17) is 9.47 Å². The second kappa shape index (κ2) is 7.09. The first-order chi connectivity index (χ1) is 11.3. The van der Waals surface area contributed by atoms with Crippen LogP contribution in [0.25, 0.3) is 0 Å². The maximum atomic E-state index is 12.5. The number of aromatic nitrogens is 2. The number of methoxy groups -OCH3 is 1. The molecule has 1 saturated heterocycles. The molecule has 0 radical (unpaired) electrons. The van der Waals surface area contributed by atoms with Gasteiger partial charge in [0.1, 0.15) is 6.10 Å². The van der Waals surface area contributed by atoms with Crippen molar-refractivity contribution in [3.8, 4) is 11.9 Å². The van der Waals surface area contributed by atoms with E-state index in [1.807, 2.05) is 35.2 Å². The van der Waals surface area contributed by atoms with Crippen LogP contribution in [-0.4, -0.2) is 47.1 Å². The van der Waals surface area contributed by atoms with Crippen LogP contribution in [0.2, 0.25) is 0 Å². The summed E-state index contributed by atoms with van der Waals surface area (Å²) in [6, 6.07) is 11.3. The molecule has 0 aliphatic carbocycles. The molecule has 0 N–H and O–H groups in total. The Balaban J connectivity index is 1.65. The Morgan fingerprint density at radius 3 is 2.87 bits per heavy atom. The largest absolute Gasteiger partial charge is 0.472 e. The minimum Gasteiger partial charge on any atom is -0.472 e. The van der Waals surface area contributed by atoms with Gasteiger partial charge >= 0.3 is 6.01 Å². The fourth-order valence-corrected chi connectivity index (χ4v) is 2.64. The van der Waals surface area contributed by atoms with E-state index < -0.39 is 0 Å². The number of carbonyl (C=O) groups is 1. The quantitative estimate of drug-likeness (QED) is 0.865. The van der Waals surface area contributed by atoms with Crippen molar-refractivity contribution in [1.82, 2.24) is 14.9 Å². The minimum atomic E-state index is -0.0731. The van der Waals surface area contributed by atoms with Gasteiger partial charge in [0.05, 0.1) is 13.7 Å². The summed E-state index contributed by atoms with van der Waals surface area (Å²) in [5.41, 5.74) is 0.705. The van der Waals surface area contributed by atoms with Crippen LogP contribution >= 0.6 is 0 Å². The van der Waals surface area contributed by atoms with E-state index in [1.165, 1.54) is 7.11 Å².